The Balaban J connectivity index is 1.98. The van der Waals surface area contributed by atoms with E-state index in [1.165, 1.54) is 18.3 Å². The summed E-state index contributed by atoms with van der Waals surface area (Å²) in [6.07, 6.45) is 0. The number of hydrogen-bond acceptors (Lipinski definition) is 1. The van der Waals surface area contributed by atoms with Crippen molar-refractivity contribution in [3.63, 3.8) is 0 Å². The molecule has 0 aromatic heterocycles. The van der Waals surface area contributed by atoms with Crippen LogP contribution in [-0.2, 0) is 10.8 Å². The van der Waals surface area contributed by atoms with E-state index >= 15 is 0 Å². The summed E-state index contributed by atoms with van der Waals surface area (Å²) in [4.78, 5) is 0. The quantitative estimate of drug-likeness (QED) is 0.342. The van der Waals surface area contributed by atoms with Gasteiger partial charge in [0.1, 0.15) is 0 Å². The van der Waals surface area contributed by atoms with Crippen LogP contribution in [0.2, 0.25) is 0 Å². The fraction of sp³-hybridized carbons (Fsp3) is 0.308. The Morgan fingerprint density at radius 1 is 0.536 bits per heavy atom. The molecule has 0 radical (unpaired) electrons. The SMILES string of the molecule is CC(C)(C)c1ccc(I(Oc2ccccc2)c2ccc(C(C)(C)C)cc2)cc1. The third-order valence-corrected chi connectivity index (χ3v) is 9.38. The van der Waals surface area contributed by atoms with E-state index in [0.717, 1.165) is 5.75 Å². The van der Waals surface area contributed by atoms with Crippen molar-refractivity contribution in [2.45, 2.75) is 52.4 Å². The Morgan fingerprint density at radius 3 is 1.29 bits per heavy atom. The molecule has 0 N–H and O–H groups in total. The molecule has 0 saturated carbocycles. The molecule has 148 valence electrons. The van der Waals surface area contributed by atoms with Gasteiger partial charge in [-0.25, -0.2) is 0 Å². The molecular weight excluding hydrogens is 455 g/mol. The maximum atomic E-state index is 6.59. The first-order chi connectivity index (χ1) is 13.1. The van der Waals surface area contributed by atoms with Crippen molar-refractivity contribution < 1.29 is 3.07 Å². The molecule has 0 unspecified atom stereocenters. The summed E-state index contributed by atoms with van der Waals surface area (Å²) in [5.74, 6) is 0.951. The minimum absolute atomic E-state index is 0.159. The molecule has 0 aliphatic carbocycles. The first kappa shape index (κ1) is 20.9. The van der Waals surface area contributed by atoms with E-state index < -0.39 is 20.2 Å². The predicted molar refractivity (Wildman–Crippen MR) is 129 cm³/mol. The van der Waals surface area contributed by atoms with Crippen molar-refractivity contribution in [1.29, 1.82) is 0 Å². The van der Waals surface area contributed by atoms with Gasteiger partial charge in [0.15, 0.2) is 0 Å². The van der Waals surface area contributed by atoms with Crippen molar-refractivity contribution >= 4 is 20.2 Å². The first-order valence-corrected chi connectivity index (χ1v) is 12.8. The number of para-hydroxylation sites is 1. The van der Waals surface area contributed by atoms with E-state index in [1.54, 1.807) is 0 Å². The van der Waals surface area contributed by atoms with Crippen LogP contribution in [0.5, 0.6) is 5.75 Å². The Morgan fingerprint density at radius 2 is 0.929 bits per heavy atom. The second-order valence-corrected chi connectivity index (χ2v) is 13.5. The molecule has 0 fully saturated rings. The van der Waals surface area contributed by atoms with Gasteiger partial charge in [0.2, 0.25) is 0 Å². The Bertz CT molecular complexity index is 825. The van der Waals surface area contributed by atoms with Crippen LogP contribution >= 0.6 is 20.2 Å². The third-order valence-electron chi connectivity index (χ3n) is 4.73. The van der Waals surface area contributed by atoms with E-state index in [4.69, 9.17) is 3.07 Å². The van der Waals surface area contributed by atoms with Gasteiger partial charge in [-0.05, 0) is 0 Å². The average molecular weight is 486 g/mol. The fourth-order valence-electron chi connectivity index (χ4n) is 2.90. The molecule has 3 rings (SSSR count). The molecule has 28 heavy (non-hydrogen) atoms. The zero-order valence-electron chi connectivity index (χ0n) is 17.8. The second kappa shape index (κ2) is 8.28. The van der Waals surface area contributed by atoms with Crippen LogP contribution in [0.25, 0.3) is 0 Å². The molecule has 2 heteroatoms. The summed E-state index contributed by atoms with van der Waals surface area (Å²) in [6, 6.07) is 28.3. The summed E-state index contributed by atoms with van der Waals surface area (Å²) in [7, 11) is 0. The van der Waals surface area contributed by atoms with E-state index in [1.807, 2.05) is 18.2 Å². The Kier molecular flexibility index (Phi) is 6.18. The molecule has 1 nitrogen and oxygen atoms in total. The van der Waals surface area contributed by atoms with Crippen molar-refractivity contribution in [1.82, 2.24) is 0 Å². The van der Waals surface area contributed by atoms with E-state index in [2.05, 4.69) is 102 Å². The monoisotopic (exact) mass is 486 g/mol. The molecule has 0 saturated heterocycles. The third kappa shape index (κ3) is 5.16. The number of halogens is 1. The fourth-order valence-corrected chi connectivity index (χ4v) is 6.96. The summed E-state index contributed by atoms with van der Waals surface area (Å²) >= 11 is -2.04. The number of benzene rings is 3. The zero-order valence-corrected chi connectivity index (χ0v) is 19.9. The molecule has 0 bridgehead atoms. The van der Waals surface area contributed by atoms with Crippen LogP contribution in [0.3, 0.4) is 0 Å². The van der Waals surface area contributed by atoms with Crippen LogP contribution in [0.4, 0.5) is 0 Å². The van der Waals surface area contributed by atoms with E-state index in [0.29, 0.717) is 0 Å². The summed E-state index contributed by atoms with van der Waals surface area (Å²) in [6.45, 7) is 13.5. The van der Waals surface area contributed by atoms with Crippen LogP contribution in [0, 0.1) is 7.14 Å². The molecule has 3 aromatic rings. The Labute approximate surface area is 178 Å². The molecule has 0 aliphatic rings. The van der Waals surface area contributed by atoms with Crippen LogP contribution in [0.1, 0.15) is 52.7 Å². The first-order valence-electron chi connectivity index (χ1n) is 9.79. The standard InChI is InChI=1S/C26H31IO/c1-25(2,3)20-12-16-22(17-13-20)27(28-24-10-8-7-9-11-24)23-18-14-21(15-19-23)26(4,5)6/h7-19H,1-6H3. The predicted octanol–water partition coefficient (Wildman–Crippen LogP) is 7.82. The van der Waals surface area contributed by atoms with Gasteiger partial charge >= 0.3 is 179 Å². The maximum absolute atomic E-state index is 6.59. The topological polar surface area (TPSA) is 9.23 Å². The number of rotatable bonds is 4. The molecule has 0 atom stereocenters. The summed E-state index contributed by atoms with van der Waals surface area (Å²) < 4.78 is 9.24. The second-order valence-electron chi connectivity index (χ2n) is 9.15. The summed E-state index contributed by atoms with van der Waals surface area (Å²) in [5, 5.41) is 0. The van der Waals surface area contributed by atoms with Gasteiger partial charge in [0, 0.05) is 0 Å². The van der Waals surface area contributed by atoms with E-state index in [9.17, 15) is 0 Å². The van der Waals surface area contributed by atoms with Gasteiger partial charge in [-0.2, -0.15) is 0 Å². The van der Waals surface area contributed by atoms with Crippen LogP contribution in [0.15, 0.2) is 78.9 Å². The van der Waals surface area contributed by atoms with Crippen molar-refractivity contribution in [2.75, 3.05) is 0 Å². The van der Waals surface area contributed by atoms with Gasteiger partial charge in [-0.15, -0.1) is 0 Å². The average Bonchev–Trinajstić information content (AvgIpc) is 2.66. The molecule has 0 aliphatic heterocycles. The van der Waals surface area contributed by atoms with Crippen LogP contribution in [-0.4, -0.2) is 0 Å². The number of hydrogen-bond donors (Lipinski definition) is 0. The van der Waals surface area contributed by atoms with Crippen molar-refractivity contribution in [3.8, 4) is 5.75 Å². The molecule has 0 spiro atoms. The minimum atomic E-state index is -2.04. The molecular formula is C26H31IO. The zero-order chi connectivity index (χ0) is 20.4. The van der Waals surface area contributed by atoms with Gasteiger partial charge in [-0.1, -0.05) is 0 Å². The van der Waals surface area contributed by atoms with Crippen LogP contribution < -0.4 is 3.07 Å². The Hall–Kier alpha value is -1.81. The van der Waals surface area contributed by atoms with E-state index in [-0.39, 0.29) is 10.8 Å². The van der Waals surface area contributed by atoms with Crippen molar-refractivity contribution in [2.24, 2.45) is 0 Å². The molecule has 0 heterocycles. The van der Waals surface area contributed by atoms with Gasteiger partial charge < -0.3 is 0 Å². The van der Waals surface area contributed by atoms with Gasteiger partial charge in [0.05, 0.1) is 0 Å². The summed E-state index contributed by atoms with van der Waals surface area (Å²) in [5.41, 5.74) is 3.03. The molecule has 0 amide bonds. The molecule has 3 aromatic carbocycles. The van der Waals surface area contributed by atoms with Gasteiger partial charge in [0.25, 0.3) is 0 Å². The van der Waals surface area contributed by atoms with Gasteiger partial charge in [-0.3, -0.25) is 0 Å². The van der Waals surface area contributed by atoms with Crippen molar-refractivity contribution in [3.05, 3.63) is 97.1 Å². The normalized spacial score (nSPS) is 12.6.